The van der Waals surface area contributed by atoms with E-state index in [1.54, 1.807) is 29.9 Å². The smallest absolute Gasteiger partial charge is 0.132 e. The van der Waals surface area contributed by atoms with Gasteiger partial charge in [-0.15, -0.1) is 0 Å². The van der Waals surface area contributed by atoms with Crippen LogP contribution < -0.4 is 5.73 Å². The number of hydrogen-bond donors (Lipinski definition) is 1. The van der Waals surface area contributed by atoms with Crippen molar-refractivity contribution in [3.63, 3.8) is 0 Å². The molecular formula is C11H12FN3. The highest BCUT2D eigenvalue weighted by atomic mass is 19.1. The van der Waals surface area contributed by atoms with Gasteiger partial charge in [0.1, 0.15) is 5.82 Å². The third-order valence-electron chi connectivity index (χ3n) is 2.25. The maximum atomic E-state index is 13.5. The van der Waals surface area contributed by atoms with Gasteiger partial charge >= 0.3 is 0 Å². The highest BCUT2D eigenvalue weighted by Crippen LogP contribution is 2.23. The van der Waals surface area contributed by atoms with Gasteiger partial charge in [0.15, 0.2) is 0 Å². The van der Waals surface area contributed by atoms with E-state index in [0.29, 0.717) is 17.8 Å². The first-order valence-corrected chi connectivity index (χ1v) is 4.70. The first-order valence-electron chi connectivity index (χ1n) is 4.70. The third kappa shape index (κ3) is 1.76. The molecule has 0 saturated heterocycles. The molecule has 0 bridgehead atoms. The van der Waals surface area contributed by atoms with Crippen molar-refractivity contribution in [3.8, 4) is 11.3 Å². The van der Waals surface area contributed by atoms with Crippen LogP contribution in [0, 0.1) is 5.82 Å². The van der Waals surface area contributed by atoms with Crippen LogP contribution >= 0.6 is 0 Å². The Morgan fingerprint density at radius 3 is 2.80 bits per heavy atom. The monoisotopic (exact) mass is 205 g/mol. The van der Waals surface area contributed by atoms with Gasteiger partial charge in [-0.1, -0.05) is 12.1 Å². The molecule has 4 heteroatoms. The van der Waals surface area contributed by atoms with Gasteiger partial charge in [0.05, 0.1) is 5.69 Å². The molecule has 1 aromatic heterocycles. The Morgan fingerprint density at radius 2 is 2.13 bits per heavy atom. The molecule has 0 saturated carbocycles. The van der Waals surface area contributed by atoms with E-state index in [1.165, 1.54) is 6.07 Å². The molecule has 0 radical (unpaired) electrons. The Kier molecular flexibility index (Phi) is 2.51. The molecule has 0 fully saturated rings. The van der Waals surface area contributed by atoms with Crippen LogP contribution in [0.3, 0.4) is 0 Å². The molecule has 15 heavy (non-hydrogen) atoms. The molecule has 3 nitrogen and oxygen atoms in total. The molecule has 2 rings (SSSR count). The average molecular weight is 205 g/mol. The summed E-state index contributed by atoms with van der Waals surface area (Å²) in [7, 11) is 1.80. The van der Waals surface area contributed by atoms with Crippen molar-refractivity contribution in [3.05, 3.63) is 41.8 Å². The minimum atomic E-state index is -0.272. The molecule has 0 spiro atoms. The molecule has 2 N–H and O–H groups in total. The number of aromatic nitrogens is 2. The number of nitrogens with zero attached hydrogens (tertiary/aromatic N) is 2. The van der Waals surface area contributed by atoms with Gasteiger partial charge in [-0.2, -0.15) is 5.10 Å². The van der Waals surface area contributed by atoms with Gasteiger partial charge in [0.25, 0.3) is 0 Å². The van der Waals surface area contributed by atoms with Crippen molar-refractivity contribution in [1.29, 1.82) is 0 Å². The Balaban J connectivity index is 2.58. The molecular weight excluding hydrogens is 193 g/mol. The molecule has 0 amide bonds. The molecule has 0 aliphatic carbocycles. The van der Waals surface area contributed by atoms with Gasteiger partial charge in [-0.3, -0.25) is 4.68 Å². The summed E-state index contributed by atoms with van der Waals surface area (Å²) in [6.07, 6.45) is 1.81. The first-order chi connectivity index (χ1) is 7.22. The zero-order valence-electron chi connectivity index (χ0n) is 8.44. The largest absolute Gasteiger partial charge is 0.326 e. The second kappa shape index (κ2) is 3.82. The van der Waals surface area contributed by atoms with Crippen molar-refractivity contribution < 1.29 is 4.39 Å². The highest BCUT2D eigenvalue weighted by molar-refractivity contribution is 5.63. The van der Waals surface area contributed by atoms with E-state index in [4.69, 9.17) is 5.73 Å². The Hall–Kier alpha value is -1.68. The average Bonchev–Trinajstić information content (AvgIpc) is 2.60. The Morgan fingerprint density at radius 1 is 1.40 bits per heavy atom. The summed E-state index contributed by atoms with van der Waals surface area (Å²) in [4.78, 5) is 0. The summed E-state index contributed by atoms with van der Waals surface area (Å²) < 4.78 is 15.2. The van der Waals surface area contributed by atoms with Crippen LogP contribution in [-0.2, 0) is 13.6 Å². The third-order valence-corrected chi connectivity index (χ3v) is 2.25. The van der Waals surface area contributed by atoms with Gasteiger partial charge in [-0.25, -0.2) is 4.39 Å². The predicted molar refractivity (Wildman–Crippen MR) is 56.5 cm³/mol. The van der Waals surface area contributed by atoms with Gasteiger partial charge in [-0.05, 0) is 12.1 Å². The number of hydrogen-bond acceptors (Lipinski definition) is 2. The van der Waals surface area contributed by atoms with Crippen molar-refractivity contribution in [2.75, 3.05) is 0 Å². The summed E-state index contributed by atoms with van der Waals surface area (Å²) in [5.74, 6) is -0.272. The number of rotatable bonds is 2. The minimum absolute atomic E-state index is 0.272. The van der Waals surface area contributed by atoms with Crippen LogP contribution in [0.2, 0.25) is 0 Å². The molecule has 0 aliphatic rings. The summed E-state index contributed by atoms with van der Waals surface area (Å²) >= 11 is 0. The predicted octanol–water partition coefficient (Wildman–Crippen LogP) is 1.68. The SMILES string of the molecule is Cn1cc(CN)c(-c2ccccc2F)n1. The van der Waals surface area contributed by atoms with Crippen LogP contribution in [0.25, 0.3) is 11.3 Å². The normalized spacial score (nSPS) is 10.6. The molecule has 1 aromatic carbocycles. The van der Waals surface area contributed by atoms with Crippen LogP contribution in [0.5, 0.6) is 0 Å². The van der Waals surface area contributed by atoms with Crippen LogP contribution in [-0.4, -0.2) is 9.78 Å². The number of halogens is 1. The molecule has 78 valence electrons. The van der Waals surface area contributed by atoms with E-state index in [0.717, 1.165) is 5.56 Å². The van der Waals surface area contributed by atoms with Crippen molar-refractivity contribution in [2.24, 2.45) is 12.8 Å². The summed E-state index contributed by atoms with van der Waals surface area (Å²) in [6.45, 7) is 0.359. The number of benzene rings is 1. The lowest BCUT2D eigenvalue weighted by Crippen LogP contribution is -1.97. The Bertz CT molecular complexity index is 476. The second-order valence-electron chi connectivity index (χ2n) is 3.36. The van der Waals surface area contributed by atoms with Crippen molar-refractivity contribution in [2.45, 2.75) is 6.54 Å². The zero-order valence-corrected chi connectivity index (χ0v) is 8.44. The van der Waals surface area contributed by atoms with E-state index in [2.05, 4.69) is 5.10 Å². The molecule has 0 aliphatic heterocycles. The van der Waals surface area contributed by atoms with E-state index in [-0.39, 0.29) is 5.82 Å². The van der Waals surface area contributed by atoms with E-state index >= 15 is 0 Å². The molecule has 1 heterocycles. The maximum absolute atomic E-state index is 13.5. The fourth-order valence-electron chi connectivity index (χ4n) is 1.57. The maximum Gasteiger partial charge on any atom is 0.132 e. The van der Waals surface area contributed by atoms with E-state index in [9.17, 15) is 4.39 Å². The zero-order chi connectivity index (χ0) is 10.8. The Labute approximate surface area is 87.3 Å². The standard InChI is InChI=1S/C11H12FN3/c1-15-7-8(6-13)11(14-15)9-4-2-3-5-10(9)12/h2-5,7H,6,13H2,1H3. The molecule has 0 unspecified atom stereocenters. The second-order valence-corrected chi connectivity index (χ2v) is 3.36. The van der Waals surface area contributed by atoms with Crippen molar-refractivity contribution in [1.82, 2.24) is 9.78 Å². The highest BCUT2D eigenvalue weighted by Gasteiger charge is 2.11. The van der Waals surface area contributed by atoms with Crippen LogP contribution in [0.1, 0.15) is 5.56 Å². The number of aryl methyl sites for hydroxylation is 1. The summed E-state index contributed by atoms with van der Waals surface area (Å²) in [5.41, 5.74) is 7.55. The van der Waals surface area contributed by atoms with Crippen LogP contribution in [0.4, 0.5) is 4.39 Å². The van der Waals surface area contributed by atoms with E-state index < -0.39 is 0 Å². The lowest BCUT2D eigenvalue weighted by Gasteiger charge is -2.00. The van der Waals surface area contributed by atoms with Gasteiger partial charge < -0.3 is 5.73 Å². The fraction of sp³-hybridized carbons (Fsp3) is 0.182. The first kappa shape index (κ1) is 9.86. The van der Waals surface area contributed by atoms with Gasteiger partial charge in [0.2, 0.25) is 0 Å². The number of nitrogens with two attached hydrogens (primary N) is 1. The summed E-state index contributed by atoms with van der Waals surface area (Å²) in [5, 5.41) is 4.21. The minimum Gasteiger partial charge on any atom is -0.326 e. The molecule has 0 atom stereocenters. The van der Waals surface area contributed by atoms with Gasteiger partial charge in [0, 0.05) is 30.9 Å². The quantitative estimate of drug-likeness (QED) is 0.810. The fourth-order valence-corrected chi connectivity index (χ4v) is 1.57. The van der Waals surface area contributed by atoms with Crippen LogP contribution in [0.15, 0.2) is 30.5 Å². The molecule has 2 aromatic rings. The lowest BCUT2D eigenvalue weighted by atomic mass is 10.1. The summed E-state index contributed by atoms with van der Waals surface area (Å²) in [6, 6.07) is 6.57. The lowest BCUT2D eigenvalue weighted by molar-refractivity contribution is 0.629. The van der Waals surface area contributed by atoms with Crippen molar-refractivity contribution >= 4 is 0 Å². The topological polar surface area (TPSA) is 43.8 Å². The van der Waals surface area contributed by atoms with E-state index in [1.807, 2.05) is 6.20 Å².